The van der Waals surface area contributed by atoms with E-state index in [4.69, 9.17) is 9.53 Å². The molecule has 12 heteroatoms. The summed E-state index contributed by atoms with van der Waals surface area (Å²) in [6.45, 7) is 5.24. The molecule has 8 nitrogen and oxygen atoms in total. The number of thioether (sulfide) groups is 1. The minimum absolute atomic E-state index is 0.00192. The number of fused-ring (bicyclic) bond motifs is 1. The first-order valence-corrected chi connectivity index (χ1v) is 14.7. The normalized spacial score (nSPS) is 11.5. The number of aryl methyl sites for hydroxylation is 1. The highest BCUT2D eigenvalue weighted by molar-refractivity contribution is 8.00. The molecule has 0 aliphatic heterocycles. The van der Waals surface area contributed by atoms with Gasteiger partial charge in [0.15, 0.2) is 0 Å². The predicted octanol–water partition coefficient (Wildman–Crippen LogP) is 6.06. The van der Waals surface area contributed by atoms with E-state index in [-0.39, 0.29) is 34.9 Å². The van der Waals surface area contributed by atoms with Crippen LogP contribution in [0.4, 0.5) is 24.7 Å². The minimum atomic E-state index is -4.46. The summed E-state index contributed by atoms with van der Waals surface area (Å²) in [5, 5.41) is 16.6. The average molecular weight is 607 g/mol. The van der Waals surface area contributed by atoms with Gasteiger partial charge in [0.2, 0.25) is 6.41 Å². The number of unbranched alkanes of at least 4 members (excludes halogenated alkanes) is 1. The second-order valence-electron chi connectivity index (χ2n) is 9.43. The second kappa shape index (κ2) is 18.1. The maximum absolute atomic E-state index is 13.5. The van der Waals surface area contributed by atoms with Crippen LogP contribution in [0.25, 0.3) is 5.52 Å². The maximum atomic E-state index is 13.5. The Balaban J connectivity index is 0.00000144. The quantitative estimate of drug-likeness (QED) is 0.0768. The number of carbonyl (C=O) groups excluding carboxylic acids is 1. The first-order valence-electron chi connectivity index (χ1n) is 13.8. The molecule has 230 valence electrons. The Morgan fingerprint density at radius 2 is 1.90 bits per heavy atom. The van der Waals surface area contributed by atoms with E-state index in [2.05, 4.69) is 45.1 Å². The van der Waals surface area contributed by atoms with Crippen molar-refractivity contribution in [1.82, 2.24) is 20.2 Å². The van der Waals surface area contributed by atoms with Crippen molar-refractivity contribution in [2.24, 2.45) is 0 Å². The van der Waals surface area contributed by atoms with Gasteiger partial charge >= 0.3 is 5.51 Å². The topological polar surface area (TPSA) is 91.7 Å². The van der Waals surface area contributed by atoms with Crippen molar-refractivity contribution < 1.29 is 22.7 Å². The first kappa shape index (κ1) is 34.6. The van der Waals surface area contributed by atoms with E-state index in [1.165, 1.54) is 0 Å². The third kappa shape index (κ3) is 11.4. The Morgan fingerprint density at radius 1 is 1.17 bits per heavy atom. The Hall–Kier alpha value is -3.56. The average Bonchev–Trinajstić information content (AvgIpc) is 3.30. The molecule has 1 amide bonds. The predicted molar refractivity (Wildman–Crippen MR) is 165 cm³/mol. The second-order valence-corrected chi connectivity index (χ2v) is 10.5. The lowest BCUT2D eigenvalue weighted by Crippen LogP contribution is -2.23. The van der Waals surface area contributed by atoms with E-state index in [0.717, 1.165) is 49.9 Å². The monoisotopic (exact) mass is 606 g/mol. The van der Waals surface area contributed by atoms with Gasteiger partial charge in [0.05, 0.1) is 29.8 Å². The molecule has 1 atom stereocenters. The standard InChI is InChI=1S/C28H36F3N5OS.C2H5NO/c1-5-6-10-21(11-8-17-32-3)34-26-14-7-13-24-27(38-28(29,30)31)22(35-36(24)26)12-9-18-33-23-19-20(2)15-16-25(23)37-4;1-3-2-4/h7,13-16,19,21,32-34H,5-6,8,10-11,17-18H2,1-4H3;2H,1H3,(H,3,4). The fourth-order valence-electron chi connectivity index (χ4n) is 4.16. The molecule has 2 heterocycles. The molecule has 0 aliphatic carbocycles. The molecule has 4 N–H and O–H groups in total. The number of nitrogens with one attached hydrogen (secondary N) is 4. The molecule has 0 aliphatic rings. The number of carbonyl (C=O) groups is 1. The van der Waals surface area contributed by atoms with Crippen molar-refractivity contribution in [2.45, 2.75) is 62.4 Å². The number of aromatic nitrogens is 2. The van der Waals surface area contributed by atoms with Gasteiger partial charge in [-0.15, -0.1) is 0 Å². The SMILES string of the molecule is CCCCC(CCCNC)Nc1cccc2c(SC(F)(F)F)c(C#CCNc3cc(C)ccc3OC)nn12.CNC=O. The summed E-state index contributed by atoms with van der Waals surface area (Å²) in [5.74, 6) is 7.12. The summed E-state index contributed by atoms with van der Waals surface area (Å²) >= 11 is -0.178. The summed E-state index contributed by atoms with van der Waals surface area (Å²) in [5.41, 5.74) is -2.18. The molecule has 0 saturated heterocycles. The molecule has 0 saturated carbocycles. The number of ether oxygens (including phenoxy) is 1. The Morgan fingerprint density at radius 3 is 2.55 bits per heavy atom. The molecule has 3 rings (SSSR count). The number of rotatable bonds is 14. The number of benzene rings is 1. The Kier molecular flexibility index (Phi) is 14.9. The van der Waals surface area contributed by atoms with Crippen LogP contribution in [0.3, 0.4) is 0 Å². The van der Waals surface area contributed by atoms with E-state index in [9.17, 15) is 13.2 Å². The smallest absolute Gasteiger partial charge is 0.446 e. The number of hydrogen-bond acceptors (Lipinski definition) is 7. The molecule has 2 aromatic heterocycles. The summed E-state index contributed by atoms with van der Waals surface area (Å²) in [7, 11) is 5.07. The highest BCUT2D eigenvalue weighted by Crippen LogP contribution is 2.41. The van der Waals surface area contributed by atoms with Crippen LogP contribution in [0.1, 0.15) is 50.3 Å². The summed E-state index contributed by atoms with van der Waals surface area (Å²) in [6.07, 6.45) is 5.69. The van der Waals surface area contributed by atoms with Crippen molar-refractivity contribution in [2.75, 3.05) is 44.9 Å². The number of anilines is 2. The molecule has 0 spiro atoms. The number of alkyl halides is 3. The van der Waals surface area contributed by atoms with Crippen molar-refractivity contribution in [3.8, 4) is 17.6 Å². The maximum Gasteiger partial charge on any atom is 0.446 e. The largest absolute Gasteiger partial charge is 0.495 e. The third-order valence-corrected chi connectivity index (χ3v) is 6.95. The number of methoxy groups -OCH3 is 1. The van der Waals surface area contributed by atoms with Crippen molar-refractivity contribution in [3.05, 3.63) is 47.7 Å². The van der Waals surface area contributed by atoms with E-state index in [0.29, 0.717) is 23.5 Å². The molecule has 0 bridgehead atoms. The van der Waals surface area contributed by atoms with Crippen LogP contribution in [-0.2, 0) is 4.79 Å². The van der Waals surface area contributed by atoms with Crippen molar-refractivity contribution >= 4 is 35.2 Å². The van der Waals surface area contributed by atoms with Crippen molar-refractivity contribution in [3.63, 3.8) is 0 Å². The number of nitrogens with zero attached hydrogens (tertiary/aromatic N) is 2. The lowest BCUT2D eigenvalue weighted by atomic mass is 10.0. The van der Waals surface area contributed by atoms with Crippen LogP contribution in [-0.4, -0.2) is 61.9 Å². The van der Waals surface area contributed by atoms with Gasteiger partial charge in [0, 0.05) is 13.1 Å². The van der Waals surface area contributed by atoms with Crippen molar-refractivity contribution in [1.29, 1.82) is 0 Å². The molecule has 42 heavy (non-hydrogen) atoms. The zero-order valence-corrected chi connectivity index (χ0v) is 25.6. The number of hydrogen-bond donors (Lipinski definition) is 4. The number of halogens is 3. The summed E-state index contributed by atoms with van der Waals surface area (Å²) < 4.78 is 47.4. The fraction of sp³-hybridized carbons (Fsp3) is 0.467. The minimum Gasteiger partial charge on any atom is -0.495 e. The van der Waals surface area contributed by atoms with Gasteiger partial charge in [-0.3, -0.25) is 4.79 Å². The molecule has 1 unspecified atom stereocenters. The molecule has 0 radical (unpaired) electrons. The Labute approximate surface area is 250 Å². The molecule has 0 fully saturated rings. The van der Waals surface area contributed by atoms with Crippen LogP contribution < -0.4 is 26.0 Å². The fourth-order valence-corrected chi connectivity index (χ4v) is 4.84. The van der Waals surface area contributed by atoms with Crippen LogP contribution in [0.2, 0.25) is 0 Å². The molecule has 3 aromatic rings. The lowest BCUT2D eigenvalue weighted by molar-refractivity contribution is -0.109. The lowest BCUT2D eigenvalue weighted by Gasteiger charge is -2.20. The van der Waals surface area contributed by atoms with E-state index in [1.54, 1.807) is 30.8 Å². The molecular formula is C30H41F3N6O2S. The van der Waals surface area contributed by atoms with Crippen LogP contribution in [0.5, 0.6) is 5.75 Å². The first-order chi connectivity index (χ1) is 20.2. The zero-order chi connectivity index (χ0) is 31.0. The van der Waals surface area contributed by atoms with E-state index < -0.39 is 5.51 Å². The van der Waals surface area contributed by atoms with Crippen LogP contribution >= 0.6 is 11.8 Å². The van der Waals surface area contributed by atoms with Gasteiger partial charge in [-0.1, -0.05) is 37.8 Å². The van der Waals surface area contributed by atoms with E-state index >= 15 is 0 Å². The van der Waals surface area contributed by atoms with Crippen LogP contribution in [0, 0.1) is 18.8 Å². The molecular weight excluding hydrogens is 565 g/mol. The third-order valence-electron chi connectivity index (χ3n) is 6.11. The highest BCUT2D eigenvalue weighted by Gasteiger charge is 2.33. The van der Waals surface area contributed by atoms with Crippen LogP contribution in [0.15, 0.2) is 41.3 Å². The zero-order valence-electron chi connectivity index (χ0n) is 24.8. The van der Waals surface area contributed by atoms with E-state index in [1.807, 2.05) is 38.2 Å². The van der Waals surface area contributed by atoms with Gasteiger partial charge in [0.25, 0.3) is 0 Å². The molecule has 1 aromatic carbocycles. The highest BCUT2D eigenvalue weighted by atomic mass is 32.2. The summed E-state index contributed by atoms with van der Waals surface area (Å²) in [6, 6.07) is 11.2. The van der Waals surface area contributed by atoms with Gasteiger partial charge in [-0.2, -0.15) is 18.3 Å². The number of amides is 1. The van der Waals surface area contributed by atoms with Gasteiger partial charge in [-0.25, -0.2) is 4.52 Å². The summed E-state index contributed by atoms with van der Waals surface area (Å²) in [4.78, 5) is 9.06. The van der Waals surface area contributed by atoms with Gasteiger partial charge in [0.1, 0.15) is 17.3 Å². The number of pyridine rings is 1. The van der Waals surface area contributed by atoms with Gasteiger partial charge in [-0.05, 0) is 87.3 Å². The Bertz CT molecular complexity index is 1320. The van der Waals surface area contributed by atoms with Gasteiger partial charge < -0.3 is 26.0 Å².